The molecule has 0 spiro atoms. The topological polar surface area (TPSA) is 48.9 Å². The zero-order chi connectivity index (χ0) is 19.6. The fourth-order valence-corrected chi connectivity index (χ4v) is 3.51. The number of likely N-dealkylation sites (tertiary alicyclic amines) is 1. The summed E-state index contributed by atoms with van der Waals surface area (Å²) in [5, 5.41) is 7.05. The lowest BCUT2D eigenvalue weighted by molar-refractivity contribution is 0.221. The lowest BCUT2D eigenvalue weighted by Crippen LogP contribution is -2.49. The van der Waals surface area contributed by atoms with Gasteiger partial charge in [-0.05, 0) is 49.8 Å². The average Bonchev–Trinajstić information content (AvgIpc) is 2.68. The van der Waals surface area contributed by atoms with Crippen LogP contribution in [-0.4, -0.2) is 57.2 Å². The fraction of sp³-hybridized carbons (Fsp3) is 0.591. The summed E-state index contributed by atoms with van der Waals surface area (Å²) < 4.78 is 5.23. The van der Waals surface area contributed by atoms with Crippen molar-refractivity contribution in [2.45, 2.75) is 45.1 Å². The van der Waals surface area contributed by atoms with Gasteiger partial charge in [0, 0.05) is 39.3 Å². The molecule has 1 aliphatic rings. The normalized spacial score (nSPS) is 17.4. The van der Waals surface area contributed by atoms with Crippen molar-refractivity contribution >= 4 is 5.96 Å². The lowest BCUT2D eigenvalue weighted by Gasteiger charge is -2.33. The molecule has 5 heteroatoms. The highest BCUT2D eigenvalue weighted by atomic mass is 16.5. The third-order valence-corrected chi connectivity index (χ3v) is 5.20. The number of nitrogens with zero attached hydrogens (tertiary/aromatic N) is 2. The molecule has 1 unspecified atom stereocenters. The van der Waals surface area contributed by atoms with Gasteiger partial charge in [0.2, 0.25) is 0 Å². The van der Waals surface area contributed by atoms with Crippen LogP contribution < -0.4 is 15.4 Å². The molecule has 0 aliphatic carbocycles. The van der Waals surface area contributed by atoms with Gasteiger partial charge in [0.15, 0.2) is 5.96 Å². The smallest absolute Gasteiger partial charge is 0.191 e. The van der Waals surface area contributed by atoms with Gasteiger partial charge in [-0.15, -0.1) is 0 Å². The standard InChI is InChI=1S/C22H36N4O/c1-17(2)16-26-14-11-20(12-15-26)25-22(23-4)24-13-10-18(3)19-6-8-21(27-5)9-7-19/h6-9,18,20H,1,10-16H2,2-5H3,(H2,23,24,25). The number of methoxy groups -OCH3 is 1. The van der Waals surface area contributed by atoms with Crippen molar-refractivity contribution < 1.29 is 4.74 Å². The van der Waals surface area contributed by atoms with Crippen LogP contribution in [0.15, 0.2) is 41.4 Å². The van der Waals surface area contributed by atoms with Crippen molar-refractivity contribution in [2.24, 2.45) is 4.99 Å². The largest absolute Gasteiger partial charge is 0.497 e. The van der Waals surface area contributed by atoms with Crippen molar-refractivity contribution in [3.05, 3.63) is 42.0 Å². The number of ether oxygens (including phenoxy) is 1. The number of aliphatic imine (C=N–C) groups is 1. The molecule has 5 nitrogen and oxygen atoms in total. The molecule has 1 atom stereocenters. The molecule has 0 aromatic heterocycles. The molecule has 2 rings (SSSR count). The molecule has 1 heterocycles. The van der Waals surface area contributed by atoms with E-state index in [-0.39, 0.29) is 0 Å². The van der Waals surface area contributed by atoms with E-state index in [4.69, 9.17) is 4.74 Å². The van der Waals surface area contributed by atoms with Gasteiger partial charge in [-0.3, -0.25) is 9.89 Å². The van der Waals surface area contributed by atoms with Crippen LogP contribution in [0.25, 0.3) is 0 Å². The second-order valence-corrected chi connectivity index (χ2v) is 7.61. The van der Waals surface area contributed by atoms with Gasteiger partial charge in [-0.1, -0.05) is 31.2 Å². The maximum Gasteiger partial charge on any atom is 0.191 e. The number of nitrogens with one attached hydrogen (secondary N) is 2. The van der Waals surface area contributed by atoms with Crippen LogP contribution in [0, 0.1) is 0 Å². The Morgan fingerprint density at radius 2 is 1.96 bits per heavy atom. The molecular weight excluding hydrogens is 336 g/mol. The number of guanidine groups is 1. The molecule has 2 N–H and O–H groups in total. The molecule has 1 saturated heterocycles. The number of piperidine rings is 1. The molecule has 1 aromatic carbocycles. The SMILES string of the molecule is C=C(C)CN1CCC(NC(=NC)NCCC(C)c2ccc(OC)cc2)CC1. The van der Waals surface area contributed by atoms with E-state index >= 15 is 0 Å². The predicted octanol–water partition coefficient (Wildman–Crippen LogP) is 3.39. The summed E-state index contributed by atoms with van der Waals surface area (Å²) in [5.41, 5.74) is 2.58. The van der Waals surface area contributed by atoms with Gasteiger partial charge in [-0.25, -0.2) is 0 Å². The van der Waals surface area contributed by atoms with E-state index in [2.05, 4.69) is 53.1 Å². The third kappa shape index (κ3) is 7.25. The number of rotatable bonds is 8. The summed E-state index contributed by atoms with van der Waals surface area (Å²) in [6.07, 6.45) is 3.36. The van der Waals surface area contributed by atoms with Gasteiger partial charge in [0.05, 0.1) is 7.11 Å². The zero-order valence-electron chi connectivity index (χ0n) is 17.4. The molecular formula is C22H36N4O. The third-order valence-electron chi connectivity index (χ3n) is 5.20. The van der Waals surface area contributed by atoms with E-state index in [0.29, 0.717) is 12.0 Å². The first kappa shape index (κ1) is 21.3. The van der Waals surface area contributed by atoms with Crippen LogP contribution in [0.5, 0.6) is 5.75 Å². The maximum absolute atomic E-state index is 5.23. The molecule has 0 saturated carbocycles. The van der Waals surface area contributed by atoms with E-state index in [1.165, 1.54) is 11.1 Å². The van der Waals surface area contributed by atoms with Crippen molar-refractivity contribution in [3.8, 4) is 5.75 Å². The summed E-state index contributed by atoms with van der Waals surface area (Å²) in [6.45, 7) is 12.5. The lowest BCUT2D eigenvalue weighted by atomic mass is 9.98. The summed E-state index contributed by atoms with van der Waals surface area (Å²) >= 11 is 0. The quantitative estimate of drug-likeness (QED) is 0.417. The Balaban J connectivity index is 1.70. The van der Waals surface area contributed by atoms with Crippen LogP contribution in [0.3, 0.4) is 0 Å². The van der Waals surface area contributed by atoms with Crippen LogP contribution in [0.4, 0.5) is 0 Å². The molecule has 1 fully saturated rings. The molecule has 1 aromatic rings. The minimum Gasteiger partial charge on any atom is -0.497 e. The van der Waals surface area contributed by atoms with Gasteiger partial charge in [0.25, 0.3) is 0 Å². The first-order valence-corrected chi connectivity index (χ1v) is 9.99. The second kappa shape index (κ2) is 11.0. The molecule has 1 aliphatic heterocycles. The molecule has 0 amide bonds. The number of hydrogen-bond acceptors (Lipinski definition) is 3. The van der Waals surface area contributed by atoms with Crippen molar-refractivity contribution in [2.75, 3.05) is 40.3 Å². The van der Waals surface area contributed by atoms with E-state index in [1.807, 2.05) is 19.2 Å². The van der Waals surface area contributed by atoms with Crippen molar-refractivity contribution in [1.82, 2.24) is 15.5 Å². The number of hydrogen-bond donors (Lipinski definition) is 2. The monoisotopic (exact) mass is 372 g/mol. The van der Waals surface area contributed by atoms with Gasteiger partial charge >= 0.3 is 0 Å². The van der Waals surface area contributed by atoms with Crippen LogP contribution >= 0.6 is 0 Å². The first-order valence-electron chi connectivity index (χ1n) is 9.99. The molecule has 27 heavy (non-hydrogen) atoms. The van der Waals surface area contributed by atoms with E-state index < -0.39 is 0 Å². The first-order chi connectivity index (χ1) is 13.0. The Labute approximate surface area is 164 Å². The molecule has 150 valence electrons. The van der Waals surface area contributed by atoms with Gasteiger partial charge in [-0.2, -0.15) is 0 Å². The molecule has 0 bridgehead atoms. The Bertz CT molecular complexity index is 603. The summed E-state index contributed by atoms with van der Waals surface area (Å²) in [7, 11) is 3.55. The average molecular weight is 373 g/mol. The highest BCUT2D eigenvalue weighted by molar-refractivity contribution is 5.79. The van der Waals surface area contributed by atoms with E-state index in [0.717, 1.165) is 57.2 Å². The highest BCUT2D eigenvalue weighted by Crippen LogP contribution is 2.21. The van der Waals surface area contributed by atoms with Gasteiger partial charge in [0.1, 0.15) is 5.75 Å². The zero-order valence-corrected chi connectivity index (χ0v) is 17.4. The number of benzene rings is 1. The predicted molar refractivity (Wildman–Crippen MR) is 115 cm³/mol. The summed E-state index contributed by atoms with van der Waals surface area (Å²) in [5.74, 6) is 2.31. The fourth-order valence-electron chi connectivity index (χ4n) is 3.51. The van der Waals surface area contributed by atoms with Crippen LogP contribution in [-0.2, 0) is 0 Å². The van der Waals surface area contributed by atoms with Gasteiger partial charge < -0.3 is 15.4 Å². The minimum absolute atomic E-state index is 0.492. The Morgan fingerprint density at radius 1 is 1.30 bits per heavy atom. The van der Waals surface area contributed by atoms with E-state index in [9.17, 15) is 0 Å². The summed E-state index contributed by atoms with van der Waals surface area (Å²) in [4.78, 5) is 6.87. The van der Waals surface area contributed by atoms with Crippen LogP contribution in [0.2, 0.25) is 0 Å². The van der Waals surface area contributed by atoms with E-state index in [1.54, 1.807) is 7.11 Å². The maximum atomic E-state index is 5.23. The Hall–Kier alpha value is -2.01. The summed E-state index contributed by atoms with van der Waals surface area (Å²) in [6, 6.07) is 8.85. The molecule has 0 radical (unpaired) electrons. The second-order valence-electron chi connectivity index (χ2n) is 7.61. The Morgan fingerprint density at radius 3 is 2.52 bits per heavy atom. The van der Waals surface area contributed by atoms with Crippen molar-refractivity contribution in [3.63, 3.8) is 0 Å². The highest BCUT2D eigenvalue weighted by Gasteiger charge is 2.19. The van der Waals surface area contributed by atoms with Crippen molar-refractivity contribution in [1.29, 1.82) is 0 Å². The minimum atomic E-state index is 0.492. The van der Waals surface area contributed by atoms with Crippen LogP contribution in [0.1, 0.15) is 44.6 Å². The Kier molecular flexibility index (Phi) is 8.65.